The Kier molecular flexibility index (Phi) is 5.33. The van der Waals surface area contributed by atoms with Gasteiger partial charge in [-0.25, -0.2) is 9.48 Å². The number of hydrogen-bond donors (Lipinski definition) is 0. The Hall–Kier alpha value is -3.16. The summed E-state index contributed by atoms with van der Waals surface area (Å²) in [5.74, 6) is -0.143. The lowest BCUT2D eigenvalue weighted by molar-refractivity contribution is -0.119. The average Bonchev–Trinajstić information content (AvgIpc) is 2.73. The van der Waals surface area contributed by atoms with Gasteiger partial charge >= 0.3 is 6.09 Å². The minimum atomic E-state index is -0.388. The molecule has 0 bridgehead atoms. The van der Waals surface area contributed by atoms with Gasteiger partial charge < -0.3 is 14.5 Å². The number of para-hydroxylation sites is 1. The van der Waals surface area contributed by atoms with E-state index in [0.29, 0.717) is 38.2 Å². The first kappa shape index (κ1) is 19.2. The van der Waals surface area contributed by atoms with Crippen molar-refractivity contribution in [3.63, 3.8) is 0 Å². The molecule has 29 heavy (non-hydrogen) atoms. The number of ether oxygens (including phenoxy) is 1. The lowest BCUT2D eigenvalue weighted by Gasteiger charge is -2.30. The minimum Gasteiger partial charge on any atom is -0.450 e. The summed E-state index contributed by atoms with van der Waals surface area (Å²) in [7, 11) is 0. The maximum atomic E-state index is 12.9. The first-order chi connectivity index (χ1) is 14.1. The van der Waals surface area contributed by atoms with E-state index in [4.69, 9.17) is 4.74 Å². The number of rotatable bonds is 3. The molecule has 1 aromatic carbocycles. The Morgan fingerprint density at radius 1 is 1.14 bits per heavy atom. The van der Waals surface area contributed by atoms with Gasteiger partial charge in [0.2, 0.25) is 5.91 Å². The number of nitrogens with zero attached hydrogens (tertiary/aromatic N) is 4. The van der Waals surface area contributed by atoms with Gasteiger partial charge in [-0.3, -0.25) is 9.59 Å². The van der Waals surface area contributed by atoms with Gasteiger partial charge in [-0.15, -0.1) is 0 Å². The summed E-state index contributed by atoms with van der Waals surface area (Å²) in [6, 6.07) is 9.35. The van der Waals surface area contributed by atoms with Crippen molar-refractivity contribution < 1.29 is 14.3 Å². The SMILES string of the molecule is CCOC(=O)N1CCc2nn(CC(=O)N3CCCc4ccccc43)c(=O)cc2C1. The number of benzene rings is 1. The number of carbonyl (C=O) groups is 2. The minimum absolute atomic E-state index is 0.0952. The van der Waals surface area contributed by atoms with E-state index >= 15 is 0 Å². The highest BCUT2D eigenvalue weighted by Gasteiger charge is 2.26. The molecule has 0 saturated heterocycles. The smallest absolute Gasteiger partial charge is 0.410 e. The monoisotopic (exact) mass is 396 g/mol. The molecule has 0 unspecified atom stereocenters. The van der Waals surface area contributed by atoms with Crippen LogP contribution < -0.4 is 10.5 Å². The van der Waals surface area contributed by atoms with Gasteiger partial charge in [0.25, 0.3) is 5.56 Å². The van der Waals surface area contributed by atoms with Crippen molar-refractivity contribution in [3.8, 4) is 0 Å². The molecule has 2 aliphatic heterocycles. The molecule has 2 aromatic rings. The normalized spacial score (nSPS) is 15.5. The summed E-state index contributed by atoms with van der Waals surface area (Å²) in [6.45, 7) is 3.39. The average molecular weight is 396 g/mol. The van der Waals surface area contributed by atoms with E-state index in [1.807, 2.05) is 24.3 Å². The van der Waals surface area contributed by atoms with Gasteiger partial charge in [-0.05, 0) is 31.4 Å². The summed E-state index contributed by atoms with van der Waals surface area (Å²) >= 11 is 0. The molecule has 8 nitrogen and oxygen atoms in total. The van der Waals surface area contributed by atoms with E-state index in [1.165, 1.54) is 10.7 Å². The Labute approximate surface area is 168 Å². The van der Waals surface area contributed by atoms with Crippen molar-refractivity contribution in [1.29, 1.82) is 0 Å². The Morgan fingerprint density at radius 2 is 1.97 bits per heavy atom. The molecule has 0 radical (unpaired) electrons. The molecular weight excluding hydrogens is 372 g/mol. The van der Waals surface area contributed by atoms with Crippen molar-refractivity contribution in [2.75, 3.05) is 24.6 Å². The van der Waals surface area contributed by atoms with Crippen LogP contribution in [0.3, 0.4) is 0 Å². The summed E-state index contributed by atoms with van der Waals surface area (Å²) in [6.07, 6.45) is 1.99. The van der Waals surface area contributed by atoms with Crippen LogP contribution in [0.2, 0.25) is 0 Å². The predicted octanol–water partition coefficient (Wildman–Crippen LogP) is 1.74. The van der Waals surface area contributed by atoms with Crippen molar-refractivity contribution in [2.45, 2.75) is 39.3 Å². The molecular formula is C21H24N4O4. The molecule has 0 spiro atoms. The van der Waals surface area contributed by atoms with E-state index in [0.717, 1.165) is 29.8 Å². The maximum absolute atomic E-state index is 12.9. The van der Waals surface area contributed by atoms with Crippen LogP contribution in [-0.2, 0) is 35.5 Å². The molecule has 3 heterocycles. The number of fused-ring (bicyclic) bond motifs is 2. The third kappa shape index (κ3) is 3.87. The number of hydrogen-bond acceptors (Lipinski definition) is 5. The summed E-state index contributed by atoms with van der Waals surface area (Å²) < 4.78 is 6.27. The number of aromatic nitrogens is 2. The van der Waals surface area contributed by atoms with Gasteiger partial charge in [0.15, 0.2) is 0 Å². The molecule has 1 aromatic heterocycles. The van der Waals surface area contributed by atoms with Crippen LogP contribution in [0.25, 0.3) is 0 Å². The molecule has 4 rings (SSSR count). The number of amides is 2. The second-order valence-corrected chi connectivity index (χ2v) is 7.26. The lowest BCUT2D eigenvalue weighted by Crippen LogP contribution is -2.42. The van der Waals surface area contributed by atoms with Gasteiger partial charge in [0, 0.05) is 36.8 Å². The first-order valence-electron chi connectivity index (χ1n) is 9.96. The molecule has 0 saturated carbocycles. The van der Waals surface area contributed by atoms with Crippen LogP contribution in [0.1, 0.15) is 30.2 Å². The summed E-state index contributed by atoms with van der Waals surface area (Å²) in [5.41, 5.74) is 3.18. The zero-order chi connectivity index (χ0) is 20.4. The topological polar surface area (TPSA) is 84.7 Å². The summed E-state index contributed by atoms with van der Waals surface area (Å²) in [4.78, 5) is 40.7. The van der Waals surface area contributed by atoms with E-state index in [9.17, 15) is 14.4 Å². The fourth-order valence-corrected chi connectivity index (χ4v) is 3.93. The molecule has 8 heteroatoms. The second kappa shape index (κ2) is 8.06. The van der Waals surface area contributed by atoms with Gasteiger partial charge in [0.1, 0.15) is 6.54 Å². The lowest BCUT2D eigenvalue weighted by atomic mass is 10.0. The molecule has 0 fully saturated rings. The molecule has 152 valence electrons. The Balaban J connectivity index is 1.52. The van der Waals surface area contributed by atoms with E-state index < -0.39 is 0 Å². The van der Waals surface area contributed by atoms with Crippen molar-refractivity contribution in [3.05, 3.63) is 57.5 Å². The number of aryl methyl sites for hydroxylation is 1. The maximum Gasteiger partial charge on any atom is 0.410 e. The van der Waals surface area contributed by atoms with Crippen LogP contribution in [-0.4, -0.2) is 46.4 Å². The van der Waals surface area contributed by atoms with E-state index in [-0.39, 0.29) is 24.1 Å². The molecule has 0 N–H and O–H groups in total. The van der Waals surface area contributed by atoms with Crippen LogP contribution >= 0.6 is 0 Å². The number of carbonyl (C=O) groups excluding carboxylic acids is 2. The Bertz CT molecular complexity index is 1000. The summed E-state index contributed by atoms with van der Waals surface area (Å²) in [5, 5.41) is 4.42. The van der Waals surface area contributed by atoms with Crippen LogP contribution in [0, 0.1) is 0 Å². The number of anilines is 1. The quantitative estimate of drug-likeness (QED) is 0.789. The molecule has 2 amide bonds. The van der Waals surface area contributed by atoms with Gasteiger partial charge in [0.05, 0.1) is 18.8 Å². The standard InChI is InChI=1S/C21H24N4O4/c1-2-29-21(28)23-11-9-17-16(13-23)12-19(26)25(22-17)14-20(27)24-10-5-7-15-6-3-4-8-18(15)24/h3-4,6,8,12H,2,5,7,9-11,13-14H2,1H3. The van der Waals surface area contributed by atoms with Gasteiger partial charge in [-0.1, -0.05) is 18.2 Å². The highest BCUT2D eigenvalue weighted by molar-refractivity contribution is 5.94. The van der Waals surface area contributed by atoms with Crippen molar-refractivity contribution in [1.82, 2.24) is 14.7 Å². The molecule has 0 atom stereocenters. The van der Waals surface area contributed by atoms with Crippen molar-refractivity contribution in [2.24, 2.45) is 0 Å². The van der Waals surface area contributed by atoms with Crippen LogP contribution in [0.5, 0.6) is 0 Å². The van der Waals surface area contributed by atoms with E-state index in [1.54, 1.807) is 16.7 Å². The fraction of sp³-hybridized carbons (Fsp3) is 0.429. The molecule has 2 aliphatic rings. The predicted molar refractivity (Wildman–Crippen MR) is 107 cm³/mol. The third-order valence-corrected chi connectivity index (χ3v) is 5.37. The highest BCUT2D eigenvalue weighted by atomic mass is 16.6. The zero-order valence-electron chi connectivity index (χ0n) is 16.5. The largest absolute Gasteiger partial charge is 0.450 e. The third-order valence-electron chi connectivity index (χ3n) is 5.37. The fourth-order valence-electron chi connectivity index (χ4n) is 3.93. The van der Waals surface area contributed by atoms with E-state index in [2.05, 4.69) is 5.10 Å². The van der Waals surface area contributed by atoms with Crippen LogP contribution in [0.15, 0.2) is 35.1 Å². The highest BCUT2D eigenvalue weighted by Crippen LogP contribution is 2.26. The Morgan fingerprint density at radius 3 is 2.79 bits per heavy atom. The van der Waals surface area contributed by atoms with Gasteiger partial charge in [-0.2, -0.15) is 5.10 Å². The first-order valence-corrected chi connectivity index (χ1v) is 9.96. The molecule has 0 aliphatic carbocycles. The van der Waals surface area contributed by atoms with Crippen molar-refractivity contribution >= 4 is 17.7 Å². The van der Waals surface area contributed by atoms with Crippen LogP contribution in [0.4, 0.5) is 10.5 Å². The second-order valence-electron chi connectivity index (χ2n) is 7.26. The zero-order valence-corrected chi connectivity index (χ0v) is 16.5.